The van der Waals surface area contributed by atoms with E-state index >= 15 is 0 Å². The lowest BCUT2D eigenvalue weighted by molar-refractivity contribution is -0.214. The second kappa shape index (κ2) is 4.08. The minimum absolute atomic E-state index is 0.0171. The molecule has 6 heteroatoms. The average molecular weight is 330 g/mol. The Morgan fingerprint density at radius 1 is 1.40 bits per heavy atom. The number of hydrogen-bond acceptors (Lipinski definition) is 5. The van der Waals surface area contributed by atoms with Gasteiger partial charge in [-0.3, -0.25) is 0 Å². The summed E-state index contributed by atoms with van der Waals surface area (Å²) in [4.78, 5) is 0. The summed E-state index contributed by atoms with van der Waals surface area (Å²) in [6.07, 6.45) is -1.92. The van der Waals surface area contributed by atoms with Gasteiger partial charge < -0.3 is 24.4 Å². The lowest BCUT2D eigenvalue weighted by Gasteiger charge is -2.24. The summed E-state index contributed by atoms with van der Waals surface area (Å²) >= 11 is 2.17. The lowest BCUT2D eigenvalue weighted by atomic mass is 10.1. The fraction of sp³-hybridized carbons (Fsp3) is 1.00. The number of aliphatic hydroxyl groups is 2. The minimum atomic E-state index is -0.882. The van der Waals surface area contributed by atoms with Crippen LogP contribution in [0.2, 0.25) is 0 Å². The van der Waals surface area contributed by atoms with Crippen molar-refractivity contribution < 1.29 is 24.4 Å². The van der Waals surface area contributed by atoms with Crippen LogP contribution in [0.4, 0.5) is 0 Å². The molecule has 2 unspecified atom stereocenters. The van der Waals surface area contributed by atoms with Crippen molar-refractivity contribution in [3.05, 3.63) is 0 Å². The van der Waals surface area contributed by atoms with E-state index < -0.39 is 24.3 Å². The minimum Gasteiger partial charge on any atom is -0.394 e. The summed E-state index contributed by atoms with van der Waals surface area (Å²) in [6.45, 7) is 3.35. The largest absolute Gasteiger partial charge is 0.394 e. The zero-order valence-corrected chi connectivity index (χ0v) is 10.7. The maximum Gasteiger partial charge on any atom is 0.188 e. The first-order valence-corrected chi connectivity index (χ1v) is 6.13. The normalized spacial score (nSPS) is 45.4. The van der Waals surface area contributed by atoms with Crippen LogP contribution in [0.25, 0.3) is 0 Å². The van der Waals surface area contributed by atoms with Gasteiger partial charge in [-0.05, 0) is 13.8 Å². The third-order valence-corrected chi connectivity index (χ3v) is 3.99. The molecule has 0 amide bonds. The monoisotopic (exact) mass is 330 g/mol. The molecule has 2 saturated heterocycles. The standard InChI is InChI=1S/C9H15IO5/c1-9(2)14-7-5(10)6(4(12)3-11)13-8(7)15-9/h4-8,11-12H,3H2,1-2H3/t4?,5?,6-,7+,8-/m1/s1. The van der Waals surface area contributed by atoms with Gasteiger partial charge in [0.2, 0.25) is 0 Å². The summed E-state index contributed by atoms with van der Waals surface area (Å²) in [5.74, 6) is -0.631. The van der Waals surface area contributed by atoms with Crippen molar-refractivity contribution in [2.45, 2.75) is 48.2 Å². The Hall–Kier alpha value is 0.530. The molecule has 0 aromatic rings. The molecule has 88 valence electrons. The molecule has 2 aliphatic heterocycles. The quantitative estimate of drug-likeness (QED) is 0.552. The van der Waals surface area contributed by atoms with E-state index in [4.69, 9.17) is 19.3 Å². The fourth-order valence-electron chi connectivity index (χ4n) is 1.90. The smallest absolute Gasteiger partial charge is 0.188 e. The van der Waals surface area contributed by atoms with Crippen molar-refractivity contribution in [1.29, 1.82) is 0 Å². The Labute approximate surface area is 102 Å². The van der Waals surface area contributed by atoms with Crippen LogP contribution in [0, 0.1) is 0 Å². The van der Waals surface area contributed by atoms with Gasteiger partial charge in [0.05, 0.1) is 10.5 Å². The molecule has 0 bridgehead atoms. The molecular weight excluding hydrogens is 315 g/mol. The molecule has 0 aliphatic carbocycles. The van der Waals surface area contributed by atoms with E-state index in [9.17, 15) is 5.11 Å². The van der Waals surface area contributed by atoms with E-state index in [1.165, 1.54) is 0 Å². The topological polar surface area (TPSA) is 68.2 Å². The molecule has 2 fully saturated rings. The molecule has 2 aliphatic rings. The van der Waals surface area contributed by atoms with E-state index in [1.54, 1.807) is 0 Å². The van der Waals surface area contributed by atoms with Crippen molar-refractivity contribution in [2.24, 2.45) is 0 Å². The predicted molar refractivity (Wildman–Crippen MR) is 59.6 cm³/mol. The van der Waals surface area contributed by atoms with E-state index in [0.29, 0.717) is 0 Å². The van der Waals surface area contributed by atoms with Crippen molar-refractivity contribution >= 4 is 22.6 Å². The van der Waals surface area contributed by atoms with Crippen molar-refractivity contribution in [3.63, 3.8) is 0 Å². The average Bonchev–Trinajstić information content (AvgIpc) is 2.60. The predicted octanol–water partition coefficient (Wildman–Crippen LogP) is 0.0196. The lowest BCUT2D eigenvalue weighted by Crippen LogP contribution is -2.39. The van der Waals surface area contributed by atoms with Crippen LogP contribution in [0.5, 0.6) is 0 Å². The SMILES string of the molecule is CC1(C)O[C@H]2O[C@H](C(O)CO)C(I)[C@@H]2O1. The highest BCUT2D eigenvalue weighted by molar-refractivity contribution is 14.1. The van der Waals surface area contributed by atoms with E-state index in [1.807, 2.05) is 13.8 Å². The number of fused-ring (bicyclic) bond motifs is 1. The number of aliphatic hydroxyl groups excluding tert-OH is 2. The molecular formula is C9H15IO5. The van der Waals surface area contributed by atoms with E-state index in [2.05, 4.69) is 22.6 Å². The zero-order chi connectivity index (χ0) is 11.2. The van der Waals surface area contributed by atoms with Crippen molar-refractivity contribution in [2.75, 3.05) is 6.61 Å². The first-order chi connectivity index (χ1) is 6.94. The summed E-state index contributed by atoms with van der Waals surface area (Å²) in [7, 11) is 0. The highest BCUT2D eigenvalue weighted by Crippen LogP contribution is 2.41. The van der Waals surface area contributed by atoms with Gasteiger partial charge in [0.1, 0.15) is 18.3 Å². The van der Waals surface area contributed by atoms with Crippen LogP contribution in [0.15, 0.2) is 0 Å². The molecule has 0 aromatic heterocycles. The van der Waals surface area contributed by atoms with Crippen molar-refractivity contribution in [3.8, 4) is 0 Å². The van der Waals surface area contributed by atoms with Crippen LogP contribution < -0.4 is 0 Å². The van der Waals surface area contributed by atoms with E-state index in [-0.39, 0.29) is 16.6 Å². The molecule has 0 radical (unpaired) electrons. The Kier molecular flexibility index (Phi) is 3.26. The Bertz CT molecular complexity index is 247. The number of rotatable bonds is 2. The van der Waals surface area contributed by atoms with Gasteiger partial charge in [-0.25, -0.2) is 0 Å². The Balaban J connectivity index is 2.05. The second-order valence-corrected chi connectivity index (χ2v) is 5.70. The number of ether oxygens (including phenoxy) is 3. The third-order valence-electron chi connectivity index (χ3n) is 2.57. The van der Waals surface area contributed by atoms with Crippen LogP contribution in [0.1, 0.15) is 13.8 Å². The van der Waals surface area contributed by atoms with Crippen LogP contribution in [0.3, 0.4) is 0 Å². The second-order valence-electron chi connectivity index (χ2n) is 4.26. The first-order valence-electron chi connectivity index (χ1n) is 4.89. The summed E-state index contributed by atoms with van der Waals surface area (Å²) < 4.78 is 16.7. The van der Waals surface area contributed by atoms with Gasteiger partial charge in [-0.15, -0.1) is 0 Å². The zero-order valence-electron chi connectivity index (χ0n) is 8.59. The maximum absolute atomic E-state index is 9.52. The Morgan fingerprint density at radius 3 is 2.60 bits per heavy atom. The van der Waals surface area contributed by atoms with Gasteiger partial charge >= 0.3 is 0 Å². The van der Waals surface area contributed by atoms with Gasteiger partial charge in [0.25, 0.3) is 0 Å². The maximum atomic E-state index is 9.52. The number of hydrogen-bond donors (Lipinski definition) is 2. The molecule has 5 nitrogen and oxygen atoms in total. The van der Waals surface area contributed by atoms with Crippen LogP contribution >= 0.6 is 22.6 Å². The number of alkyl halides is 1. The van der Waals surface area contributed by atoms with Gasteiger partial charge in [-0.2, -0.15) is 0 Å². The van der Waals surface area contributed by atoms with Crippen LogP contribution in [-0.2, 0) is 14.2 Å². The number of halogens is 1. The van der Waals surface area contributed by atoms with Gasteiger partial charge in [0.15, 0.2) is 12.1 Å². The molecule has 15 heavy (non-hydrogen) atoms. The first kappa shape index (κ1) is 12.0. The van der Waals surface area contributed by atoms with E-state index in [0.717, 1.165) is 0 Å². The molecule has 0 spiro atoms. The van der Waals surface area contributed by atoms with Crippen molar-refractivity contribution in [1.82, 2.24) is 0 Å². The molecule has 5 atom stereocenters. The Morgan fingerprint density at radius 2 is 2.07 bits per heavy atom. The fourth-order valence-corrected chi connectivity index (χ4v) is 3.04. The highest BCUT2D eigenvalue weighted by atomic mass is 127. The molecule has 0 aromatic carbocycles. The van der Waals surface area contributed by atoms with Crippen LogP contribution in [-0.4, -0.2) is 51.1 Å². The summed E-state index contributed by atoms with van der Waals surface area (Å²) in [5.41, 5.74) is 0. The molecule has 2 rings (SSSR count). The molecule has 2 N–H and O–H groups in total. The van der Waals surface area contributed by atoms with Gasteiger partial charge in [-0.1, -0.05) is 22.6 Å². The summed E-state index contributed by atoms with van der Waals surface area (Å²) in [5, 5.41) is 18.4. The third kappa shape index (κ3) is 2.16. The van der Waals surface area contributed by atoms with Gasteiger partial charge in [0, 0.05) is 0 Å². The molecule has 0 saturated carbocycles. The highest BCUT2D eigenvalue weighted by Gasteiger charge is 2.55. The summed E-state index contributed by atoms with van der Waals surface area (Å²) in [6, 6.07) is 0. The molecule has 2 heterocycles.